The van der Waals surface area contributed by atoms with Crippen molar-refractivity contribution >= 4 is 18.0 Å². The highest BCUT2D eigenvalue weighted by Gasteiger charge is 2.16. The van der Waals surface area contributed by atoms with Crippen LogP contribution in [0.1, 0.15) is 35.3 Å². The number of aliphatic carboxylic acids is 1. The fourth-order valence-electron chi connectivity index (χ4n) is 1.57. The first-order valence-electron chi connectivity index (χ1n) is 6.11. The molecule has 0 radical (unpaired) electrons. The van der Waals surface area contributed by atoms with E-state index in [9.17, 15) is 9.59 Å². The minimum absolute atomic E-state index is 0.0573. The lowest BCUT2D eigenvalue weighted by Crippen LogP contribution is -2.33. The van der Waals surface area contributed by atoms with Crippen molar-refractivity contribution in [1.82, 2.24) is 4.90 Å². The monoisotopic (exact) mass is 261 g/mol. The summed E-state index contributed by atoms with van der Waals surface area (Å²) in [6, 6.07) is 5.45. The van der Waals surface area contributed by atoms with Gasteiger partial charge in [0.15, 0.2) is 0 Å². The van der Waals surface area contributed by atoms with Crippen LogP contribution in [0.25, 0.3) is 6.08 Å². The first-order chi connectivity index (χ1) is 8.82. The Hall–Kier alpha value is -2.10. The van der Waals surface area contributed by atoms with E-state index in [4.69, 9.17) is 5.11 Å². The number of rotatable bonds is 4. The summed E-state index contributed by atoms with van der Waals surface area (Å²) in [5.74, 6) is -1.06. The van der Waals surface area contributed by atoms with Crippen LogP contribution in [0.5, 0.6) is 0 Å². The quantitative estimate of drug-likeness (QED) is 0.847. The van der Waals surface area contributed by atoms with Crippen LogP contribution in [-0.4, -0.2) is 35.0 Å². The molecule has 4 nitrogen and oxygen atoms in total. The van der Waals surface area contributed by atoms with E-state index in [2.05, 4.69) is 0 Å². The van der Waals surface area contributed by atoms with E-state index in [1.807, 2.05) is 26.8 Å². The predicted molar refractivity (Wildman–Crippen MR) is 75.1 cm³/mol. The number of amides is 1. The highest BCUT2D eigenvalue weighted by Crippen LogP contribution is 2.15. The zero-order chi connectivity index (χ0) is 14.6. The van der Waals surface area contributed by atoms with Crippen LogP contribution >= 0.6 is 0 Å². The summed E-state index contributed by atoms with van der Waals surface area (Å²) >= 11 is 0. The molecule has 1 amide bonds. The summed E-state index contributed by atoms with van der Waals surface area (Å²) < 4.78 is 0. The molecule has 0 aliphatic heterocycles. The summed E-state index contributed by atoms with van der Waals surface area (Å²) in [6.45, 7) is 5.76. The standard InChI is InChI=1S/C15H19NO3/c1-10(2)16(4)15(19)13-9-12(6-5-11(13)3)7-8-14(17)18/h5-10H,1-4H3,(H,17,18). The fourth-order valence-corrected chi connectivity index (χ4v) is 1.57. The van der Waals surface area contributed by atoms with E-state index in [-0.39, 0.29) is 11.9 Å². The summed E-state index contributed by atoms with van der Waals surface area (Å²) in [7, 11) is 1.76. The maximum absolute atomic E-state index is 12.3. The summed E-state index contributed by atoms with van der Waals surface area (Å²) in [5.41, 5.74) is 2.18. The number of hydrogen-bond donors (Lipinski definition) is 1. The van der Waals surface area contributed by atoms with Gasteiger partial charge >= 0.3 is 5.97 Å². The van der Waals surface area contributed by atoms with Gasteiger partial charge in [0.25, 0.3) is 5.91 Å². The average Bonchev–Trinajstić information content (AvgIpc) is 2.35. The molecule has 0 aromatic heterocycles. The van der Waals surface area contributed by atoms with E-state index in [0.29, 0.717) is 11.1 Å². The lowest BCUT2D eigenvalue weighted by atomic mass is 10.0. The molecule has 0 bridgehead atoms. The van der Waals surface area contributed by atoms with Gasteiger partial charge in [0.2, 0.25) is 0 Å². The van der Waals surface area contributed by atoms with Crippen LogP contribution in [-0.2, 0) is 4.79 Å². The zero-order valence-corrected chi connectivity index (χ0v) is 11.7. The third-order valence-electron chi connectivity index (χ3n) is 3.01. The van der Waals surface area contributed by atoms with Crippen LogP contribution in [0.3, 0.4) is 0 Å². The molecule has 1 aromatic rings. The van der Waals surface area contributed by atoms with Crippen LogP contribution < -0.4 is 0 Å². The van der Waals surface area contributed by atoms with Gasteiger partial charge in [-0.15, -0.1) is 0 Å². The molecule has 0 atom stereocenters. The molecule has 1 N–H and O–H groups in total. The van der Waals surface area contributed by atoms with Crippen LogP contribution in [0, 0.1) is 6.92 Å². The second kappa shape index (κ2) is 6.18. The second-order valence-electron chi connectivity index (χ2n) is 4.76. The van der Waals surface area contributed by atoms with Gasteiger partial charge < -0.3 is 10.0 Å². The highest BCUT2D eigenvalue weighted by molar-refractivity contribution is 5.96. The third kappa shape index (κ3) is 3.95. The van der Waals surface area contributed by atoms with E-state index in [0.717, 1.165) is 11.6 Å². The molecule has 0 saturated heterocycles. The Bertz CT molecular complexity index is 518. The van der Waals surface area contributed by atoms with Crippen LogP contribution in [0.4, 0.5) is 0 Å². The van der Waals surface area contributed by atoms with Crippen molar-refractivity contribution in [1.29, 1.82) is 0 Å². The molecule has 102 valence electrons. The largest absolute Gasteiger partial charge is 0.478 e. The summed E-state index contributed by atoms with van der Waals surface area (Å²) in [6.07, 6.45) is 2.54. The van der Waals surface area contributed by atoms with Crippen molar-refractivity contribution in [2.45, 2.75) is 26.8 Å². The van der Waals surface area contributed by atoms with E-state index in [1.165, 1.54) is 6.08 Å². The van der Waals surface area contributed by atoms with Gasteiger partial charge in [-0.1, -0.05) is 12.1 Å². The minimum Gasteiger partial charge on any atom is -0.478 e. The Kier molecular flexibility index (Phi) is 4.87. The van der Waals surface area contributed by atoms with Gasteiger partial charge in [-0.2, -0.15) is 0 Å². The van der Waals surface area contributed by atoms with Crippen molar-refractivity contribution in [3.63, 3.8) is 0 Å². The van der Waals surface area contributed by atoms with Crippen LogP contribution in [0.2, 0.25) is 0 Å². The molecule has 0 aliphatic carbocycles. The number of carboxylic acids is 1. The number of aryl methyl sites for hydroxylation is 1. The number of carboxylic acid groups (broad SMARTS) is 1. The molecule has 1 rings (SSSR count). The Balaban J connectivity index is 3.10. The van der Waals surface area contributed by atoms with Crippen molar-refractivity contribution in [3.05, 3.63) is 41.0 Å². The lowest BCUT2D eigenvalue weighted by Gasteiger charge is -2.22. The Labute approximate surface area is 113 Å². The Morgan fingerprint density at radius 3 is 2.47 bits per heavy atom. The predicted octanol–water partition coefficient (Wildman–Crippen LogP) is 2.57. The molecule has 0 heterocycles. The number of nitrogens with zero attached hydrogens (tertiary/aromatic N) is 1. The molecular formula is C15H19NO3. The molecular weight excluding hydrogens is 242 g/mol. The van der Waals surface area contributed by atoms with E-state index >= 15 is 0 Å². The lowest BCUT2D eigenvalue weighted by molar-refractivity contribution is -0.131. The van der Waals surface area contributed by atoms with Crippen molar-refractivity contribution in [3.8, 4) is 0 Å². The van der Waals surface area contributed by atoms with Crippen LogP contribution in [0.15, 0.2) is 24.3 Å². The van der Waals surface area contributed by atoms with Crippen molar-refractivity contribution in [2.75, 3.05) is 7.05 Å². The maximum atomic E-state index is 12.3. The maximum Gasteiger partial charge on any atom is 0.328 e. The van der Waals surface area contributed by atoms with E-state index in [1.54, 1.807) is 24.1 Å². The first kappa shape index (κ1) is 15.0. The average molecular weight is 261 g/mol. The number of carbonyl (C=O) groups excluding carboxylic acids is 1. The molecule has 0 aliphatic rings. The molecule has 0 fully saturated rings. The first-order valence-corrected chi connectivity index (χ1v) is 6.11. The smallest absolute Gasteiger partial charge is 0.328 e. The van der Waals surface area contributed by atoms with Gasteiger partial charge in [-0.3, -0.25) is 4.79 Å². The number of hydrogen-bond acceptors (Lipinski definition) is 2. The number of carbonyl (C=O) groups is 2. The molecule has 19 heavy (non-hydrogen) atoms. The van der Waals surface area contributed by atoms with Gasteiger partial charge in [0.1, 0.15) is 0 Å². The molecule has 4 heteroatoms. The summed E-state index contributed by atoms with van der Waals surface area (Å²) in [4.78, 5) is 24.4. The molecule has 0 saturated carbocycles. The Morgan fingerprint density at radius 2 is 1.95 bits per heavy atom. The van der Waals surface area contributed by atoms with E-state index < -0.39 is 5.97 Å². The Morgan fingerprint density at radius 1 is 1.32 bits per heavy atom. The van der Waals surface area contributed by atoms with Gasteiger partial charge in [-0.25, -0.2) is 4.79 Å². The molecule has 0 unspecified atom stereocenters. The van der Waals surface area contributed by atoms with Crippen molar-refractivity contribution in [2.24, 2.45) is 0 Å². The summed E-state index contributed by atoms with van der Waals surface area (Å²) in [5, 5.41) is 8.61. The zero-order valence-electron chi connectivity index (χ0n) is 11.7. The third-order valence-corrected chi connectivity index (χ3v) is 3.01. The van der Waals surface area contributed by atoms with Gasteiger partial charge in [-0.05, 0) is 44.0 Å². The normalized spacial score (nSPS) is 11.0. The van der Waals surface area contributed by atoms with Gasteiger partial charge in [0, 0.05) is 24.7 Å². The van der Waals surface area contributed by atoms with Gasteiger partial charge in [0.05, 0.1) is 0 Å². The SMILES string of the molecule is Cc1ccc(C=CC(=O)O)cc1C(=O)N(C)C(C)C. The van der Waals surface area contributed by atoms with Crippen molar-refractivity contribution < 1.29 is 14.7 Å². The minimum atomic E-state index is -1.01. The molecule has 0 spiro atoms. The second-order valence-corrected chi connectivity index (χ2v) is 4.76. The fraction of sp³-hybridized carbons (Fsp3) is 0.333. The highest BCUT2D eigenvalue weighted by atomic mass is 16.4. The number of benzene rings is 1. The molecule has 1 aromatic carbocycles. The topological polar surface area (TPSA) is 57.6 Å².